The lowest BCUT2D eigenvalue weighted by atomic mass is 9.73. The second-order valence-electron chi connectivity index (χ2n) is 8.31. The Morgan fingerprint density at radius 1 is 1.12 bits per heavy atom. The van der Waals surface area contributed by atoms with Crippen LogP contribution in [-0.4, -0.2) is 53.6 Å². The molecule has 0 saturated carbocycles. The quantitative estimate of drug-likeness (QED) is 0.779. The second-order valence-corrected chi connectivity index (χ2v) is 8.31. The molecule has 1 aromatic rings. The van der Waals surface area contributed by atoms with Gasteiger partial charge >= 0.3 is 6.09 Å². The molecule has 1 spiro atoms. The fourth-order valence-electron chi connectivity index (χ4n) is 3.96. The lowest BCUT2D eigenvalue weighted by Gasteiger charge is -2.48. The molecule has 25 heavy (non-hydrogen) atoms. The summed E-state index contributed by atoms with van der Waals surface area (Å²) in [5.74, 6) is 0.329. The number of carbonyl (C=O) groups is 2. The van der Waals surface area contributed by atoms with Gasteiger partial charge in [-0.1, -0.05) is 0 Å². The van der Waals surface area contributed by atoms with Crippen LogP contribution >= 0.6 is 0 Å². The van der Waals surface area contributed by atoms with Crippen molar-refractivity contribution >= 4 is 12.0 Å². The zero-order valence-electron chi connectivity index (χ0n) is 15.4. The maximum absolute atomic E-state index is 12.6. The summed E-state index contributed by atoms with van der Waals surface area (Å²) >= 11 is 0. The number of hydrogen-bond acceptors (Lipinski definition) is 4. The van der Waals surface area contributed by atoms with Crippen LogP contribution in [0.1, 0.15) is 57.0 Å². The van der Waals surface area contributed by atoms with E-state index in [0.717, 1.165) is 38.8 Å². The summed E-state index contributed by atoms with van der Waals surface area (Å²) in [4.78, 5) is 28.8. The molecule has 0 bridgehead atoms. The standard InChI is InChI=1S/C19H28N2O4/c1-18(2,3)25-17(23)21-11-6-9-19(14-21)8-5-10-20(13-19)16(22)15-7-4-12-24-15/h4,7,12H,5-6,8-11,13-14H2,1-3H3. The zero-order valence-corrected chi connectivity index (χ0v) is 15.4. The van der Waals surface area contributed by atoms with Gasteiger partial charge in [-0.3, -0.25) is 4.79 Å². The lowest BCUT2D eigenvalue weighted by Crippen LogP contribution is -2.55. The molecule has 138 valence electrons. The number of furan rings is 1. The van der Waals surface area contributed by atoms with E-state index in [-0.39, 0.29) is 17.4 Å². The van der Waals surface area contributed by atoms with Crippen LogP contribution in [0.5, 0.6) is 0 Å². The average molecular weight is 348 g/mol. The second kappa shape index (κ2) is 6.73. The van der Waals surface area contributed by atoms with Crippen molar-refractivity contribution in [3.05, 3.63) is 24.2 Å². The lowest BCUT2D eigenvalue weighted by molar-refractivity contribution is -0.0134. The monoisotopic (exact) mass is 348 g/mol. The minimum atomic E-state index is -0.491. The fourth-order valence-corrected chi connectivity index (χ4v) is 3.96. The van der Waals surface area contributed by atoms with E-state index in [0.29, 0.717) is 18.8 Å². The first-order valence-corrected chi connectivity index (χ1v) is 9.09. The Bertz CT molecular complexity index is 616. The van der Waals surface area contributed by atoms with Crippen molar-refractivity contribution in [1.82, 2.24) is 9.80 Å². The third-order valence-electron chi connectivity index (χ3n) is 4.99. The largest absolute Gasteiger partial charge is 0.459 e. The Balaban J connectivity index is 1.68. The molecule has 1 atom stereocenters. The highest BCUT2D eigenvalue weighted by Gasteiger charge is 2.42. The maximum Gasteiger partial charge on any atom is 0.410 e. The number of likely N-dealkylation sites (tertiary alicyclic amines) is 2. The van der Waals surface area contributed by atoms with Crippen molar-refractivity contribution in [2.75, 3.05) is 26.2 Å². The van der Waals surface area contributed by atoms with Crippen LogP contribution < -0.4 is 0 Å². The van der Waals surface area contributed by atoms with E-state index in [2.05, 4.69) is 0 Å². The van der Waals surface area contributed by atoms with Gasteiger partial charge in [0.15, 0.2) is 5.76 Å². The minimum Gasteiger partial charge on any atom is -0.459 e. The smallest absolute Gasteiger partial charge is 0.410 e. The number of rotatable bonds is 1. The Kier molecular flexibility index (Phi) is 4.80. The van der Waals surface area contributed by atoms with E-state index in [1.807, 2.05) is 30.6 Å². The number of carbonyl (C=O) groups excluding carboxylic acids is 2. The van der Waals surface area contributed by atoms with Crippen molar-refractivity contribution in [1.29, 1.82) is 0 Å². The number of hydrogen-bond donors (Lipinski definition) is 0. The fraction of sp³-hybridized carbons (Fsp3) is 0.684. The molecular formula is C19H28N2O4. The topological polar surface area (TPSA) is 63.0 Å². The summed E-state index contributed by atoms with van der Waals surface area (Å²) in [5, 5.41) is 0. The zero-order chi connectivity index (χ0) is 18.1. The highest BCUT2D eigenvalue weighted by molar-refractivity contribution is 5.91. The summed E-state index contributed by atoms with van der Waals surface area (Å²) in [5.41, 5.74) is -0.523. The van der Waals surface area contributed by atoms with Gasteiger partial charge in [0.05, 0.1) is 6.26 Å². The normalized spacial score (nSPS) is 24.4. The molecule has 2 saturated heterocycles. The van der Waals surface area contributed by atoms with Crippen LogP contribution in [0, 0.1) is 5.41 Å². The van der Waals surface area contributed by atoms with Gasteiger partial charge in [-0.15, -0.1) is 0 Å². The van der Waals surface area contributed by atoms with Gasteiger partial charge in [0.1, 0.15) is 5.60 Å². The van der Waals surface area contributed by atoms with E-state index >= 15 is 0 Å². The van der Waals surface area contributed by atoms with Crippen LogP contribution in [0.3, 0.4) is 0 Å². The molecule has 2 aliphatic heterocycles. The van der Waals surface area contributed by atoms with Crippen molar-refractivity contribution in [2.45, 2.75) is 52.1 Å². The Morgan fingerprint density at radius 3 is 2.36 bits per heavy atom. The van der Waals surface area contributed by atoms with E-state index in [1.54, 1.807) is 12.1 Å². The number of amides is 2. The predicted octanol–water partition coefficient (Wildman–Crippen LogP) is 3.53. The van der Waals surface area contributed by atoms with Gasteiger partial charge in [-0.05, 0) is 58.6 Å². The molecule has 3 rings (SSSR count). The summed E-state index contributed by atoms with van der Waals surface area (Å²) in [6, 6.07) is 3.44. The Hall–Kier alpha value is -1.98. The number of ether oxygens (including phenoxy) is 1. The van der Waals surface area contributed by atoms with Crippen LogP contribution in [0.15, 0.2) is 22.8 Å². The molecular weight excluding hydrogens is 320 g/mol. The molecule has 0 aromatic carbocycles. The summed E-state index contributed by atoms with van der Waals surface area (Å²) in [6.07, 6.45) is 5.25. The third-order valence-corrected chi connectivity index (χ3v) is 4.99. The highest BCUT2D eigenvalue weighted by Crippen LogP contribution is 2.39. The maximum atomic E-state index is 12.6. The van der Waals surface area contributed by atoms with E-state index < -0.39 is 5.60 Å². The van der Waals surface area contributed by atoms with Crippen molar-refractivity contribution in [3.8, 4) is 0 Å². The van der Waals surface area contributed by atoms with Gasteiger partial charge in [0.2, 0.25) is 0 Å². The Labute approximate surface area is 149 Å². The van der Waals surface area contributed by atoms with Gasteiger partial charge in [-0.25, -0.2) is 4.79 Å². The van der Waals surface area contributed by atoms with Gasteiger partial charge in [0.25, 0.3) is 5.91 Å². The molecule has 0 aliphatic carbocycles. The molecule has 0 N–H and O–H groups in total. The van der Waals surface area contributed by atoms with Crippen LogP contribution in [0.2, 0.25) is 0 Å². The molecule has 2 aliphatic rings. The Morgan fingerprint density at radius 2 is 1.76 bits per heavy atom. The van der Waals surface area contributed by atoms with Crippen molar-refractivity contribution in [3.63, 3.8) is 0 Å². The summed E-state index contributed by atoms with van der Waals surface area (Å²) < 4.78 is 10.8. The van der Waals surface area contributed by atoms with E-state index in [9.17, 15) is 9.59 Å². The summed E-state index contributed by atoms with van der Waals surface area (Å²) in [6.45, 7) is 8.45. The molecule has 6 heteroatoms. The third kappa shape index (κ3) is 4.17. The first kappa shape index (κ1) is 17.8. The van der Waals surface area contributed by atoms with Crippen LogP contribution in [0.25, 0.3) is 0 Å². The molecule has 3 heterocycles. The first-order valence-electron chi connectivity index (χ1n) is 9.09. The van der Waals surface area contributed by atoms with Gasteiger partial charge in [0, 0.05) is 31.6 Å². The molecule has 2 fully saturated rings. The first-order chi connectivity index (χ1) is 11.8. The van der Waals surface area contributed by atoms with Crippen molar-refractivity contribution in [2.24, 2.45) is 5.41 Å². The molecule has 1 unspecified atom stereocenters. The number of piperidine rings is 2. The van der Waals surface area contributed by atoms with E-state index in [4.69, 9.17) is 9.15 Å². The van der Waals surface area contributed by atoms with Crippen molar-refractivity contribution < 1.29 is 18.7 Å². The molecule has 6 nitrogen and oxygen atoms in total. The van der Waals surface area contributed by atoms with E-state index in [1.165, 1.54) is 6.26 Å². The van der Waals surface area contributed by atoms with Crippen LogP contribution in [-0.2, 0) is 4.74 Å². The molecule has 1 aromatic heterocycles. The SMILES string of the molecule is CC(C)(C)OC(=O)N1CCCC2(CCCN(C(=O)c3ccco3)C2)C1. The number of nitrogens with zero attached hydrogens (tertiary/aromatic N) is 2. The van der Waals surface area contributed by atoms with Gasteiger partial charge < -0.3 is 19.0 Å². The minimum absolute atomic E-state index is 0.0321. The predicted molar refractivity (Wildman–Crippen MR) is 93.3 cm³/mol. The van der Waals surface area contributed by atoms with Gasteiger partial charge in [-0.2, -0.15) is 0 Å². The molecule has 0 radical (unpaired) electrons. The van der Waals surface area contributed by atoms with Crippen LogP contribution in [0.4, 0.5) is 4.79 Å². The highest BCUT2D eigenvalue weighted by atomic mass is 16.6. The molecule has 2 amide bonds. The average Bonchev–Trinajstić information content (AvgIpc) is 3.07. The summed E-state index contributed by atoms with van der Waals surface area (Å²) in [7, 11) is 0.